The molecule has 5 heteroatoms. The molecule has 4 N–H and O–H groups in total. The van der Waals surface area contributed by atoms with Gasteiger partial charge in [0.25, 0.3) is 0 Å². The van der Waals surface area contributed by atoms with Crippen LogP contribution in [0.15, 0.2) is 18.2 Å². The zero-order chi connectivity index (χ0) is 12.0. The lowest BCUT2D eigenvalue weighted by Gasteiger charge is -2.05. The predicted octanol–water partition coefficient (Wildman–Crippen LogP) is 0.790. The number of hydrogen-bond donors (Lipinski definition) is 2. The molecule has 1 rings (SSSR count). The Morgan fingerprint density at radius 3 is 2.75 bits per heavy atom. The van der Waals surface area contributed by atoms with Crippen molar-refractivity contribution in [3.63, 3.8) is 0 Å². The van der Waals surface area contributed by atoms with Gasteiger partial charge in [-0.2, -0.15) is 0 Å². The lowest BCUT2D eigenvalue weighted by molar-refractivity contribution is 0.0999. The average molecular weight is 226 g/mol. The molecule has 1 amide bonds. The molecular formula is C11H15FN2O2. The second kappa shape index (κ2) is 6.19. The van der Waals surface area contributed by atoms with Gasteiger partial charge in [0.15, 0.2) is 0 Å². The minimum absolute atomic E-state index is 0.156. The predicted molar refractivity (Wildman–Crippen MR) is 58.2 cm³/mol. The summed E-state index contributed by atoms with van der Waals surface area (Å²) in [5, 5.41) is 0. The highest BCUT2D eigenvalue weighted by Crippen LogP contribution is 2.11. The standard InChI is InChI=1S/C11H15FN2O2/c12-10-6-8(11(14)15)2-3-9(10)7-16-5-1-4-13/h2-3,6H,1,4-5,7,13H2,(H2,14,15). The van der Waals surface area contributed by atoms with Gasteiger partial charge in [-0.25, -0.2) is 4.39 Å². The number of benzene rings is 1. The molecule has 0 fully saturated rings. The largest absolute Gasteiger partial charge is 0.377 e. The SMILES string of the molecule is NCCCOCc1ccc(C(N)=O)cc1F. The Labute approximate surface area is 93.4 Å². The zero-order valence-electron chi connectivity index (χ0n) is 8.91. The molecule has 16 heavy (non-hydrogen) atoms. The maximum absolute atomic E-state index is 13.4. The summed E-state index contributed by atoms with van der Waals surface area (Å²) in [7, 11) is 0. The van der Waals surface area contributed by atoms with Crippen molar-refractivity contribution in [3.05, 3.63) is 35.1 Å². The Morgan fingerprint density at radius 1 is 1.44 bits per heavy atom. The van der Waals surface area contributed by atoms with Crippen LogP contribution in [0.25, 0.3) is 0 Å². The van der Waals surface area contributed by atoms with Crippen molar-refractivity contribution in [2.45, 2.75) is 13.0 Å². The Morgan fingerprint density at radius 2 is 2.19 bits per heavy atom. The molecule has 4 nitrogen and oxygen atoms in total. The van der Waals surface area contributed by atoms with E-state index >= 15 is 0 Å². The molecule has 0 atom stereocenters. The van der Waals surface area contributed by atoms with Crippen molar-refractivity contribution in [2.24, 2.45) is 11.5 Å². The van der Waals surface area contributed by atoms with E-state index in [2.05, 4.69) is 0 Å². The van der Waals surface area contributed by atoms with E-state index in [0.29, 0.717) is 18.7 Å². The fourth-order valence-corrected chi connectivity index (χ4v) is 1.19. The summed E-state index contributed by atoms with van der Waals surface area (Å²) in [5.74, 6) is -1.13. The molecule has 1 aromatic carbocycles. The molecule has 0 unspecified atom stereocenters. The van der Waals surface area contributed by atoms with E-state index in [9.17, 15) is 9.18 Å². The number of hydrogen-bond acceptors (Lipinski definition) is 3. The highest BCUT2D eigenvalue weighted by molar-refractivity contribution is 5.92. The molecule has 0 saturated carbocycles. The average Bonchev–Trinajstić information content (AvgIpc) is 2.26. The van der Waals surface area contributed by atoms with Crippen molar-refractivity contribution in [1.82, 2.24) is 0 Å². The monoisotopic (exact) mass is 226 g/mol. The first-order valence-electron chi connectivity index (χ1n) is 5.01. The lowest BCUT2D eigenvalue weighted by atomic mass is 10.1. The molecule has 0 bridgehead atoms. The minimum atomic E-state index is -0.644. The van der Waals surface area contributed by atoms with Gasteiger partial charge in [0.2, 0.25) is 5.91 Å². The van der Waals surface area contributed by atoms with Gasteiger partial charge in [-0.15, -0.1) is 0 Å². The van der Waals surface area contributed by atoms with Crippen molar-refractivity contribution in [1.29, 1.82) is 0 Å². The van der Waals surface area contributed by atoms with Crippen LogP contribution in [-0.4, -0.2) is 19.1 Å². The molecule has 1 aromatic rings. The van der Waals surface area contributed by atoms with Crippen LogP contribution in [0.1, 0.15) is 22.3 Å². The first-order valence-corrected chi connectivity index (χ1v) is 5.01. The van der Waals surface area contributed by atoms with E-state index < -0.39 is 11.7 Å². The van der Waals surface area contributed by atoms with Gasteiger partial charge in [0, 0.05) is 17.7 Å². The Kier molecular flexibility index (Phi) is 4.88. The number of ether oxygens (including phenoxy) is 1. The smallest absolute Gasteiger partial charge is 0.248 e. The van der Waals surface area contributed by atoms with Crippen LogP contribution in [0.5, 0.6) is 0 Å². The normalized spacial score (nSPS) is 10.4. The van der Waals surface area contributed by atoms with Gasteiger partial charge >= 0.3 is 0 Å². The summed E-state index contributed by atoms with van der Waals surface area (Å²) in [6, 6.07) is 4.09. The number of nitrogens with two attached hydrogens (primary N) is 2. The van der Waals surface area contributed by atoms with Crippen LogP contribution >= 0.6 is 0 Å². The fraction of sp³-hybridized carbons (Fsp3) is 0.364. The summed E-state index contributed by atoms with van der Waals surface area (Å²) >= 11 is 0. The molecule has 0 aliphatic rings. The number of rotatable bonds is 6. The Bertz CT molecular complexity index is 369. The van der Waals surface area contributed by atoms with Crippen molar-refractivity contribution in [3.8, 4) is 0 Å². The van der Waals surface area contributed by atoms with Crippen molar-refractivity contribution in [2.75, 3.05) is 13.2 Å². The maximum Gasteiger partial charge on any atom is 0.248 e. The molecule has 0 aromatic heterocycles. The number of primary amides is 1. The molecule has 0 saturated heterocycles. The van der Waals surface area contributed by atoms with E-state index in [1.807, 2.05) is 0 Å². The minimum Gasteiger partial charge on any atom is -0.377 e. The number of carbonyl (C=O) groups is 1. The molecule has 0 radical (unpaired) electrons. The van der Waals surface area contributed by atoms with Gasteiger partial charge in [0.05, 0.1) is 6.61 Å². The first kappa shape index (κ1) is 12.6. The Balaban J connectivity index is 2.57. The van der Waals surface area contributed by atoms with Crippen LogP contribution < -0.4 is 11.5 Å². The fourth-order valence-electron chi connectivity index (χ4n) is 1.19. The van der Waals surface area contributed by atoms with Crippen molar-refractivity contribution >= 4 is 5.91 Å². The van der Waals surface area contributed by atoms with E-state index in [-0.39, 0.29) is 12.2 Å². The second-order valence-corrected chi connectivity index (χ2v) is 3.37. The summed E-state index contributed by atoms with van der Waals surface area (Å²) in [5.41, 5.74) is 10.9. The van der Waals surface area contributed by atoms with Gasteiger partial charge in [-0.3, -0.25) is 4.79 Å². The maximum atomic E-state index is 13.4. The first-order chi connectivity index (χ1) is 7.65. The molecule has 0 aliphatic carbocycles. The zero-order valence-corrected chi connectivity index (χ0v) is 8.91. The third-order valence-electron chi connectivity index (χ3n) is 2.09. The van der Waals surface area contributed by atoms with E-state index in [4.69, 9.17) is 16.2 Å². The van der Waals surface area contributed by atoms with Crippen LogP contribution in [0.2, 0.25) is 0 Å². The molecule has 0 heterocycles. The van der Waals surface area contributed by atoms with Gasteiger partial charge in [0.1, 0.15) is 5.82 Å². The highest BCUT2D eigenvalue weighted by atomic mass is 19.1. The van der Waals surface area contributed by atoms with Crippen LogP contribution in [0.4, 0.5) is 4.39 Å². The van der Waals surface area contributed by atoms with Crippen LogP contribution in [0, 0.1) is 5.82 Å². The third kappa shape index (κ3) is 3.60. The highest BCUT2D eigenvalue weighted by Gasteiger charge is 2.06. The van der Waals surface area contributed by atoms with E-state index in [1.54, 1.807) is 0 Å². The summed E-state index contributed by atoms with van der Waals surface area (Å²) in [6.45, 7) is 1.21. The molecule has 0 spiro atoms. The Hall–Kier alpha value is -1.46. The third-order valence-corrected chi connectivity index (χ3v) is 2.09. The molecule has 0 aliphatic heterocycles. The lowest BCUT2D eigenvalue weighted by Crippen LogP contribution is -2.11. The molecular weight excluding hydrogens is 211 g/mol. The topological polar surface area (TPSA) is 78.3 Å². The number of amides is 1. The second-order valence-electron chi connectivity index (χ2n) is 3.37. The summed E-state index contributed by atoms with van der Waals surface area (Å²) in [6.07, 6.45) is 0.737. The van der Waals surface area contributed by atoms with Gasteiger partial charge in [-0.1, -0.05) is 6.07 Å². The molecule has 88 valence electrons. The van der Waals surface area contributed by atoms with Crippen LogP contribution in [0.3, 0.4) is 0 Å². The summed E-state index contributed by atoms with van der Waals surface area (Å²) < 4.78 is 18.6. The number of carbonyl (C=O) groups excluding carboxylic acids is 1. The van der Waals surface area contributed by atoms with Gasteiger partial charge < -0.3 is 16.2 Å². The van der Waals surface area contributed by atoms with E-state index in [1.165, 1.54) is 12.1 Å². The summed E-state index contributed by atoms with van der Waals surface area (Å²) in [4.78, 5) is 10.8. The van der Waals surface area contributed by atoms with Crippen LogP contribution in [-0.2, 0) is 11.3 Å². The van der Waals surface area contributed by atoms with Gasteiger partial charge in [-0.05, 0) is 25.1 Å². The van der Waals surface area contributed by atoms with Crippen molar-refractivity contribution < 1.29 is 13.9 Å². The van der Waals surface area contributed by atoms with E-state index in [0.717, 1.165) is 12.5 Å². The number of halogens is 1. The quantitative estimate of drug-likeness (QED) is 0.704.